The Morgan fingerprint density at radius 2 is 1.87 bits per heavy atom. The van der Waals surface area contributed by atoms with Gasteiger partial charge in [0, 0.05) is 28.8 Å². The van der Waals surface area contributed by atoms with E-state index in [-0.39, 0.29) is 6.42 Å². The zero-order valence-corrected chi connectivity index (χ0v) is 22.9. The third-order valence-electron chi connectivity index (χ3n) is 6.05. The Morgan fingerprint density at radius 3 is 2.55 bits per heavy atom. The van der Waals surface area contributed by atoms with E-state index in [1.54, 1.807) is 25.3 Å². The molecular weight excluding hydrogens is 522 g/mol. The fraction of sp³-hybridized carbons (Fsp3) is 0.250. The number of benzene rings is 2. The van der Waals surface area contributed by atoms with Crippen LogP contribution >= 0.6 is 23.1 Å². The van der Waals surface area contributed by atoms with Crippen LogP contribution in [0.25, 0.3) is 11.4 Å². The zero-order valence-electron chi connectivity index (χ0n) is 21.3. The molecule has 2 heterocycles. The van der Waals surface area contributed by atoms with Crippen molar-refractivity contribution in [3.63, 3.8) is 0 Å². The van der Waals surface area contributed by atoms with Gasteiger partial charge in [0.25, 0.3) is 5.91 Å². The lowest BCUT2D eigenvalue weighted by Crippen LogP contribution is -2.42. The number of carbonyl (C=O) groups excluding carboxylic acids is 1. The summed E-state index contributed by atoms with van der Waals surface area (Å²) in [5.41, 5.74) is 4.67. The number of nitrogens with one attached hydrogen (secondary N) is 2. The molecule has 0 bridgehead atoms. The van der Waals surface area contributed by atoms with Gasteiger partial charge in [-0.15, -0.1) is 0 Å². The molecule has 0 aliphatic heterocycles. The highest BCUT2D eigenvalue weighted by Crippen LogP contribution is 2.23. The maximum Gasteiger partial charge on any atom is 0.326 e. The molecule has 0 saturated carbocycles. The van der Waals surface area contributed by atoms with Crippen molar-refractivity contribution in [1.29, 1.82) is 0 Å². The average Bonchev–Trinajstić information content (AvgIpc) is 3.36. The molecule has 1 unspecified atom stereocenters. The van der Waals surface area contributed by atoms with Gasteiger partial charge in [-0.1, -0.05) is 42.8 Å². The van der Waals surface area contributed by atoms with E-state index < -0.39 is 17.9 Å². The Kier molecular flexibility index (Phi) is 8.70. The fourth-order valence-electron chi connectivity index (χ4n) is 4.12. The molecule has 38 heavy (non-hydrogen) atoms. The summed E-state index contributed by atoms with van der Waals surface area (Å²) in [6, 6.07) is 13.6. The summed E-state index contributed by atoms with van der Waals surface area (Å²) < 4.78 is 4.45. The molecule has 0 fully saturated rings. The van der Waals surface area contributed by atoms with Crippen LogP contribution in [0.4, 0.5) is 5.82 Å². The topological polar surface area (TPSA) is 117 Å². The van der Waals surface area contributed by atoms with Gasteiger partial charge in [-0.05, 0) is 78.3 Å². The molecule has 196 valence electrons. The van der Waals surface area contributed by atoms with Crippen LogP contribution in [-0.2, 0) is 24.2 Å². The van der Waals surface area contributed by atoms with Gasteiger partial charge in [-0.25, -0.2) is 14.8 Å². The van der Waals surface area contributed by atoms with Gasteiger partial charge in [0.1, 0.15) is 16.9 Å². The van der Waals surface area contributed by atoms with Crippen molar-refractivity contribution in [3.8, 4) is 11.4 Å². The van der Waals surface area contributed by atoms with Crippen LogP contribution in [-0.4, -0.2) is 37.4 Å². The van der Waals surface area contributed by atoms with E-state index in [1.165, 1.54) is 11.5 Å². The summed E-state index contributed by atoms with van der Waals surface area (Å²) in [5.74, 6) is -0.144. The summed E-state index contributed by atoms with van der Waals surface area (Å²) >= 11 is 7.45. The molecule has 4 rings (SSSR count). The number of rotatable bonds is 10. The second-order valence-corrected chi connectivity index (χ2v) is 10.2. The minimum Gasteiger partial charge on any atom is -0.480 e. The minimum atomic E-state index is -1.10. The largest absolute Gasteiger partial charge is 0.480 e. The molecule has 0 saturated heterocycles. The van der Waals surface area contributed by atoms with E-state index in [4.69, 9.17) is 11.6 Å². The van der Waals surface area contributed by atoms with Crippen LogP contribution < -0.4 is 10.6 Å². The van der Waals surface area contributed by atoms with Crippen LogP contribution in [0.1, 0.15) is 44.5 Å². The molecule has 2 aromatic carbocycles. The predicted molar refractivity (Wildman–Crippen MR) is 150 cm³/mol. The van der Waals surface area contributed by atoms with Gasteiger partial charge in [0.2, 0.25) is 0 Å². The van der Waals surface area contributed by atoms with Crippen molar-refractivity contribution in [3.05, 3.63) is 92.6 Å². The van der Waals surface area contributed by atoms with Crippen molar-refractivity contribution in [2.75, 3.05) is 5.32 Å². The summed E-state index contributed by atoms with van der Waals surface area (Å²) in [6.45, 7) is 6.24. The highest BCUT2D eigenvalue weighted by molar-refractivity contribution is 7.05. The molecule has 0 aliphatic rings. The average molecular weight is 550 g/mol. The number of pyridine rings is 1. The van der Waals surface area contributed by atoms with Gasteiger partial charge in [-0.3, -0.25) is 4.79 Å². The summed E-state index contributed by atoms with van der Waals surface area (Å²) in [4.78, 5) is 33.9. The van der Waals surface area contributed by atoms with Gasteiger partial charge >= 0.3 is 5.97 Å². The fourth-order valence-corrected chi connectivity index (χ4v) is 5.01. The van der Waals surface area contributed by atoms with E-state index in [9.17, 15) is 14.7 Å². The molecule has 4 aromatic rings. The number of anilines is 1. The van der Waals surface area contributed by atoms with Gasteiger partial charge in [0.05, 0.1) is 6.54 Å². The van der Waals surface area contributed by atoms with Crippen LogP contribution in [0, 0.1) is 13.8 Å². The molecule has 1 atom stereocenters. The zero-order chi connectivity index (χ0) is 27.2. The summed E-state index contributed by atoms with van der Waals surface area (Å²) in [7, 11) is 0. The lowest BCUT2D eigenvalue weighted by molar-refractivity contribution is -0.139. The maximum atomic E-state index is 13.0. The molecule has 1 amide bonds. The normalized spacial score (nSPS) is 11.7. The number of hydrogen-bond acceptors (Lipinski definition) is 7. The number of amides is 1. The number of aryl methyl sites for hydroxylation is 3. The standard InChI is InChI=1S/C28H28ClN5O3S/c1-4-19-14-21(29)12-17(3)25(19)27(35)32-22(28(36)37)13-18-5-7-20(8-6-18)26-33-24(38-34-26)15-31-23-11-16(2)9-10-30-23/h5-12,14,22H,4,13,15H2,1-3H3,(H,30,31)(H,32,35)(H,36,37). The first-order valence-corrected chi connectivity index (χ1v) is 13.3. The van der Waals surface area contributed by atoms with E-state index >= 15 is 0 Å². The highest BCUT2D eigenvalue weighted by atomic mass is 35.5. The smallest absolute Gasteiger partial charge is 0.326 e. The van der Waals surface area contributed by atoms with Crippen molar-refractivity contribution < 1.29 is 14.7 Å². The van der Waals surface area contributed by atoms with E-state index in [0.717, 1.165) is 33.1 Å². The van der Waals surface area contributed by atoms with Crippen LogP contribution in [0.2, 0.25) is 5.02 Å². The number of carbonyl (C=O) groups is 2. The van der Waals surface area contributed by atoms with Crippen LogP contribution in [0.3, 0.4) is 0 Å². The monoisotopic (exact) mass is 549 g/mol. The predicted octanol–water partition coefficient (Wildman–Crippen LogP) is 5.47. The Morgan fingerprint density at radius 1 is 1.11 bits per heavy atom. The lowest BCUT2D eigenvalue weighted by atomic mass is 9.98. The number of carboxylic acid groups (broad SMARTS) is 1. The van der Waals surface area contributed by atoms with Crippen LogP contribution in [0.15, 0.2) is 54.7 Å². The van der Waals surface area contributed by atoms with Gasteiger partial charge < -0.3 is 15.7 Å². The number of nitrogens with zero attached hydrogens (tertiary/aromatic N) is 3. The number of halogens is 1. The number of carboxylic acids is 1. The van der Waals surface area contributed by atoms with Gasteiger partial charge in [0.15, 0.2) is 5.82 Å². The number of hydrogen-bond donors (Lipinski definition) is 3. The Hall–Kier alpha value is -3.82. The second-order valence-electron chi connectivity index (χ2n) is 8.96. The van der Waals surface area contributed by atoms with E-state index in [1.807, 2.05) is 50.2 Å². The molecule has 3 N–H and O–H groups in total. The van der Waals surface area contributed by atoms with Crippen molar-refractivity contribution >= 4 is 40.8 Å². The molecule has 10 heteroatoms. The lowest BCUT2D eigenvalue weighted by Gasteiger charge is -2.18. The second kappa shape index (κ2) is 12.1. The van der Waals surface area contributed by atoms with Crippen molar-refractivity contribution in [2.24, 2.45) is 0 Å². The van der Waals surface area contributed by atoms with Crippen molar-refractivity contribution in [1.82, 2.24) is 19.7 Å². The minimum absolute atomic E-state index is 0.138. The quantitative estimate of drug-likeness (QED) is 0.240. The third-order valence-corrected chi connectivity index (χ3v) is 6.98. The van der Waals surface area contributed by atoms with E-state index in [0.29, 0.717) is 34.9 Å². The highest BCUT2D eigenvalue weighted by Gasteiger charge is 2.24. The Balaban J connectivity index is 1.41. The first-order chi connectivity index (χ1) is 18.2. The first-order valence-electron chi connectivity index (χ1n) is 12.1. The summed E-state index contributed by atoms with van der Waals surface area (Å²) in [6.07, 6.45) is 2.50. The maximum absolute atomic E-state index is 13.0. The Labute approximate surface area is 230 Å². The number of aromatic nitrogens is 3. The van der Waals surface area contributed by atoms with Crippen molar-refractivity contribution in [2.45, 2.75) is 46.2 Å². The molecule has 0 radical (unpaired) electrons. The number of aliphatic carboxylic acids is 1. The molecule has 0 spiro atoms. The summed E-state index contributed by atoms with van der Waals surface area (Å²) in [5, 5.41) is 17.1. The molecule has 2 aromatic heterocycles. The van der Waals surface area contributed by atoms with E-state index in [2.05, 4.69) is 25.0 Å². The SMILES string of the molecule is CCc1cc(Cl)cc(C)c1C(=O)NC(Cc1ccc(-c2nsc(CNc3cc(C)ccn3)n2)cc1)C(=O)O. The molecule has 8 nitrogen and oxygen atoms in total. The Bertz CT molecular complexity index is 1460. The van der Waals surface area contributed by atoms with Crippen LogP contribution in [0.5, 0.6) is 0 Å². The first kappa shape index (κ1) is 27.2. The molecule has 0 aliphatic carbocycles. The molecular formula is C28H28ClN5O3S. The third kappa shape index (κ3) is 6.73. The van der Waals surface area contributed by atoms with Gasteiger partial charge in [-0.2, -0.15) is 4.37 Å².